The first kappa shape index (κ1) is 40.2. The van der Waals surface area contributed by atoms with Gasteiger partial charge in [-0.15, -0.1) is 0 Å². The van der Waals surface area contributed by atoms with Crippen molar-refractivity contribution in [2.45, 2.75) is 24.7 Å². The summed E-state index contributed by atoms with van der Waals surface area (Å²) < 4.78 is 17.5. The number of benzene rings is 6. The maximum absolute atomic E-state index is 15.1. The molecular formula is C49H43N2O7P. The van der Waals surface area contributed by atoms with Gasteiger partial charge < -0.3 is 24.4 Å². The van der Waals surface area contributed by atoms with Crippen LogP contribution in [0.1, 0.15) is 11.1 Å². The van der Waals surface area contributed by atoms with E-state index in [0.717, 1.165) is 21.5 Å². The number of carbonyl (C=O) groups excluding carboxylic acids is 4. The van der Waals surface area contributed by atoms with Crippen LogP contribution in [0.5, 0.6) is 5.75 Å². The highest BCUT2D eigenvalue weighted by atomic mass is 31.2. The standard InChI is InChI=1S/C49H43N2O7P/c1-56-49(55)46(59(39-26-14-5-15-27-39,40-28-16-6-17-29-40)41-30-18-7-19-31-41)45(48(54)58-34-37-22-10-3-11-23-37)51-42(33-32-36-20-8-2-9-21-36)44(47(51)53)50-43(52)35-57-38-24-12-4-13-25-38/h2-33,42,44-45H,34-35H2,1H3,(H,50,52). The van der Waals surface area contributed by atoms with E-state index in [4.69, 9.17) is 14.2 Å². The van der Waals surface area contributed by atoms with Crippen LogP contribution in [0.2, 0.25) is 0 Å². The Morgan fingerprint density at radius 3 is 1.66 bits per heavy atom. The quantitative estimate of drug-likeness (QED) is 0.0780. The number of β-lactam (4-membered cyclic amide) rings is 1. The van der Waals surface area contributed by atoms with E-state index in [0.29, 0.717) is 11.3 Å². The molecule has 0 aromatic heterocycles. The third-order valence-corrected chi connectivity index (χ3v) is 14.4. The molecule has 7 rings (SSSR count). The van der Waals surface area contributed by atoms with Crippen molar-refractivity contribution in [3.05, 3.63) is 199 Å². The molecule has 6 aromatic carbocycles. The maximum atomic E-state index is 15.1. The number of ether oxygens (including phenoxy) is 3. The Bertz CT molecular complexity index is 2340. The van der Waals surface area contributed by atoms with Crippen molar-refractivity contribution in [1.82, 2.24) is 10.2 Å². The number of methoxy groups -OCH3 is 1. The fourth-order valence-electron chi connectivity index (χ4n) is 7.36. The highest BCUT2D eigenvalue weighted by molar-refractivity contribution is 7.96. The lowest BCUT2D eigenvalue weighted by Crippen LogP contribution is -2.75. The summed E-state index contributed by atoms with van der Waals surface area (Å²) >= 11 is 0. The van der Waals surface area contributed by atoms with Crippen molar-refractivity contribution in [2.75, 3.05) is 13.7 Å². The summed E-state index contributed by atoms with van der Waals surface area (Å²) in [6.07, 6.45) is 3.58. The van der Waals surface area contributed by atoms with Crippen molar-refractivity contribution < 1.29 is 33.4 Å². The van der Waals surface area contributed by atoms with Crippen molar-refractivity contribution in [3.8, 4) is 5.75 Å². The first-order valence-electron chi connectivity index (χ1n) is 19.2. The van der Waals surface area contributed by atoms with E-state index in [1.54, 1.807) is 30.3 Å². The number of esters is 2. The van der Waals surface area contributed by atoms with Gasteiger partial charge in [-0.05, 0) is 46.1 Å². The summed E-state index contributed by atoms with van der Waals surface area (Å²) in [7, 11) is 1.27. The zero-order valence-corrected chi connectivity index (χ0v) is 33.3. The zero-order valence-electron chi connectivity index (χ0n) is 32.4. The molecule has 0 aliphatic carbocycles. The maximum Gasteiger partial charge on any atom is 0.337 e. The molecule has 1 N–H and O–H groups in total. The molecule has 1 heterocycles. The number of hydrogen-bond acceptors (Lipinski definition) is 7. The predicted molar refractivity (Wildman–Crippen MR) is 232 cm³/mol. The fraction of sp³-hybridized carbons (Fsp3) is 0.122. The Kier molecular flexibility index (Phi) is 13.0. The number of rotatable bonds is 15. The van der Waals surface area contributed by atoms with Gasteiger partial charge in [0.2, 0.25) is 5.91 Å². The van der Waals surface area contributed by atoms with Gasteiger partial charge in [-0.1, -0.05) is 182 Å². The number of nitrogens with zero attached hydrogens (tertiary/aromatic N) is 1. The molecular weight excluding hydrogens is 760 g/mol. The van der Waals surface area contributed by atoms with Crippen LogP contribution in [-0.4, -0.2) is 65.8 Å². The number of nitrogens with one attached hydrogen (secondary N) is 1. The van der Waals surface area contributed by atoms with E-state index in [1.165, 1.54) is 12.0 Å². The third-order valence-electron chi connectivity index (χ3n) is 10.1. The average molecular weight is 803 g/mol. The van der Waals surface area contributed by atoms with Crippen molar-refractivity contribution in [3.63, 3.8) is 0 Å². The summed E-state index contributed by atoms with van der Waals surface area (Å²) in [4.78, 5) is 59.7. The molecule has 1 aliphatic rings. The second-order valence-corrected chi connectivity index (χ2v) is 17.1. The van der Waals surface area contributed by atoms with Crippen LogP contribution in [0, 0.1) is 0 Å². The summed E-state index contributed by atoms with van der Waals surface area (Å²) in [5, 5.41) is 5.16. The first-order chi connectivity index (χ1) is 28.9. The fourth-order valence-corrected chi connectivity index (χ4v) is 11.9. The Labute approximate surface area is 343 Å². The van der Waals surface area contributed by atoms with Gasteiger partial charge in [0.25, 0.3) is 5.91 Å². The van der Waals surface area contributed by atoms with Crippen molar-refractivity contribution in [2.24, 2.45) is 0 Å². The summed E-state index contributed by atoms with van der Waals surface area (Å²) in [5.41, 5.74) is 1.54. The third kappa shape index (κ3) is 8.81. The van der Waals surface area contributed by atoms with Gasteiger partial charge >= 0.3 is 11.9 Å². The number of para-hydroxylation sites is 1. The highest BCUT2D eigenvalue weighted by Crippen LogP contribution is 2.48. The minimum Gasteiger partial charge on any atom is -0.484 e. The lowest BCUT2D eigenvalue weighted by atomic mass is 9.90. The molecule has 1 saturated heterocycles. The molecule has 59 heavy (non-hydrogen) atoms. The molecule has 0 saturated carbocycles. The van der Waals surface area contributed by atoms with Gasteiger partial charge in [0.05, 0.1) is 18.4 Å². The lowest BCUT2D eigenvalue weighted by Gasteiger charge is -2.50. The average Bonchev–Trinajstić information content (AvgIpc) is 3.30. The topological polar surface area (TPSA) is 111 Å². The van der Waals surface area contributed by atoms with Crippen LogP contribution in [0.25, 0.3) is 6.08 Å². The monoisotopic (exact) mass is 802 g/mol. The van der Waals surface area contributed by atoms with Gasteiger partial charge in [0.15, 0.2) is 12.6 Å². The zero-order chi connectivity index (χ0) is 41.0. The number of amides is 2. The molecule has 0 bridgehead atoms. The number of hydrogen-bond donors (Lipinski definition) is 1. The Morgan fingerprint density at radius 1 is 0.678 bits per heavy atom. The molecule has 0 spiro atoms. The van der Waals surface area contributed by atoms with Gasteiger partial charge in [0.1, 0.15) is 18.4 Å². The molecule has 3 atom stereocenters. The van der Waals surface area contributed by atoms with E-state index in [2.05, 4.69) is 5.32 Å². The molecule has 2 amide bonds. The SMILES string of the molecule is COC(=O)C(C(C(=O)OCc1ccccc1)N1C(=O)C(NC(=O)COc2ccccc2)C1C=Cc1ccccc1)=P(c1ccccc1)(c1ccccc1)c1ccccc1. The van der Waals surface area contributed by atoms with Crippen LogP contribution >= 0.6 is 6.89 Å². The Hall–Kier alpha value is -6.96. The molecule has 0 radical (unpaired) electrons. The van der Waals surface area contributed by atoms with Gasteiger partial charge in [0, 0.05) is 0 Å². The van der Waals surface area contributed by atoms with Crippen LogP contribution in [0.4, 0.5) is 0 Å². The van der Waals surface area contributed by atoms with E-state index >= 15 is 4.79 Å². The Morgan fingerprint density at radius 2 is 1.15 bits per heavy atom. The smallest absolute Gasteiger partial charge is 0.337 e. The van der Waals surface area contributed by atoms with Crippen molar-refractivity contribution in [1.29, 1.82) is 0 Å². The summed E-state index contributed by atoms with van der Waals surface area (Å²) in [6.45, 7) is -3.86. The number of likely N-dealkylation sites (tertiary alicyclic amines) is 1. The first-order valence-corrected chi connectivity index (χ1v) is 21.0. The van der Waals surface area contributed by atoms with Gasteiger partial charge in [-0.3, -0.25) is 9.59 Å². The molecule has 1 aliphatic heterocycles. The summed E-state index contributed by atoms with van der Waals surface area (Å²) in [6, 6.07) is 52.5. The summed E-state index contributed by atoms with van der Waals surface area (Å²) in [5.74, 6) is -2.24. The van der Waals surface area contributed by atoms with Gasteiger partial charge in [-0.25, -0.2) is 9.59 Å². The second kappa shape index (κ2) is 19.0. The molecule has 1 fully saturated rings. The molecule has 6 aromatic rings. The van der Waals surface area contributed by atoms with Crippen LogP contribution in [0.3, 0.4) is 0 Å². The minimum absolute atomic E-state index is 0.0466. The van der Waals surface area contributed by atoms with E-state index in [9.17, 15) is 14.4 Å². The minimum atomic E-state index is -3.38. The van der Waals surface area contributed by atoms with E-state index in [-0.39, 0.29) is 18.5 Å². The van der Waals surface area contributed by atoms with Crippen LogP contribution in [-0.2, 0) is 35.3 Å². The van der Waals surface area contributed by atoms with Crippen LogP contribution in [0.15, 0.2) is 188 Å². The van der Waals surface area contributed by atoms with Crippen molar-refractivity contribution >= 4 is 57.9 Å². The normalized spacial score (nSPS) is 15.4. The van der Waals surface area contributed by atoms with E-state index < -0.39 is 48.8 Å². The lowest BCUT2D eigenvalue weighted by molar-refractivity contribution is -0.164. The van der Waals surface area contributed by atoms with E-state index in [1.807, 2.05) is 164 Å². The molecule has 296 valence electrons. The Balaban J connectivity index is 1.45. The molecule has 9 nitrogen and oxygen atoms in total. The highest BCUT2D eigenvalue weighted by Gasteiger charge is 2.56. The van der Waals surface area contributed by atoms with Crippen LogP contribution < -0.4 is 26.0 Å². The number of carbonyl (C=O) groups is 4. The second-order valence-electron chi connectivity index (χ2n) is 13.7. The predicted octanol–water partition coefficient (Wildman–Crippen LogP) is 5.93. The largest absolute Gasteiger partial charge is 0.484 e. The molecule has 3 unspecified atom stereocenters. The van der Waals surface area contributed by atoms with Gasteiger partial charge in [-0.2, -0.15) is 0 Å². The molecule has 10 heteroatoms.